The van der Waals surface area contributed by atoms with Gasteiger partial charge in [0.1, 0.15) is 17.6 Å². The molecule has 0 aliphatic carbocycles. The maximum Gasteiger partial charge on any atom is 0.315 e. The van der Waals surface area contributed by atoms with E-state index in [1.54, 1.807) is 62.5 Å². The van der Waals surface area contributed by atoms with Crippen LogP contribution in [0.3, 0.4) is 0 Å². The maximum atomic E-state index is 12.9. The molecule has 46 heavy (non-hydrogen) atoms. The van der Waals surface area contributed by atoms with Crippen molar-refractivity contribution in [1.29, 1.82) is 0 Å². The maximum absolute atomic E-state index is 12.9. The van der Waals surface area contributed by atoms with Gasteiger partial charge in [-0.3, -0.25) is 23.6 Å². The van der Waals surface area contributed by atoms with E-state index in [-0.39, 0.29) is 31.2 Å². The number of halogens is 3. The molecule has 0 fully saturated rings. The van der Waals surface area contributed by atoms with Gasteiger partial charge >= 0.3 is 5.97 Å². The summed E-state index contributed by atoms with van der Waals surface area (Å²) in [4.78, 5) is 54.6. The SMILES string of the molecule is CCOC(=O)CC(=O)Nc1ccc(/C=C/C(=O)NCC(=O)N(C)c2ccc(Cl)c(COc3cccn4c(Br)c(C)nc34)c2Cl)cc1. The third kappa shape index (κ3) is 8.65. The monoisotopic (exact) mass is 729 g/mol. The second-order valence-corrected chi connectivity index (χ2v) is 11.4. The van der Waals surface area contributed by atoms with Gasteiger partial charge in [0.05, 0.1) is 29.6 Å². The molecule has 2 aromatic heterocycles. The van der Waals surface area contributed by atoms with Crippen molar-refractivity contribution in [1.82, 2.24) is 14.7 Å². The average Bonchev–Trinajstić information content (AvgIpc) is 3.32. The number of likely N-dealkylation sites (N-methyl/N-ethyl adjacent to an activating group) is 1. The van der Waals surface area contributed by atoms with Crippen LogP contribution in [0.5, 0.6) is 5.75 Å². The summed E-state index contributed by atoms with van der Waals surface area (Å²) in [5.74, 6) is -1.47. The second kappa shape index (κ2) is 15.7. The van der Waals surface area contributed by atoms with Crippen LogP contribution in [0.15, 0.2) is 65.4 Å². The van der Waals surface area contributed by atoms with Crippen molar-refractivity contribution in [2.24, 2.45) is 0 Å². The molecule has 14 heteroatoms. The van der Waals surface area contributed by atoms with Crippen LogP contribution < -0.4 is 20.3 Å². The molecular formula is C32H30BrCl2N5O6. The minimum absolute atomic E-state index is 0.0270. The number of esters is 1. The highest BCUT2D eigenvalue weighted by atomic mass is 79.9. The summed E-state index contributed by atoms with van der Waals surface area (Å²) in [6.07, 6.45) is 4.32. The van der Waals surface area contributed by atoms with E-state index < -0.39 is 23.7 Å². The minimum atomic E-state index is -0.606. The predicted octanol–water partition coefficient (Wildman–Crippen LogP) is 5.98. The number of amides is 3. The van der Waals surface area contributed by atoms with Gasteiger partial charge in [0.2, 0.25) is 17.7 Å². The van der Waals surface area contributed by atoms with Crippen molar-refractivity contribution in [3.05, 3.63) is 92.3 Å². The number of fused-ring (bicyclic) bond motifs is 1. The Kier molecular flexibility index (Phi) is 11.8. The van der Waals surface area contributed by atoms with Gasteiger partial charge in [-0.05, 0) is 77.8 Å². The number of carbonyl (C=O) groups is 4. The van der Waals surface area contributed by atoms with Gasteiger partial charge in [-0.15, -0.1) is 0 Å². The standard InChI is InChI=1S/C32H30BrCl2N5O6/c1-4-45-29(44)16-27(42)38-21-10-7-20(8-11-21)9-14-26(41)36-17-28(43)39(3)24-13-12-23(34)22(30(24)35)18-46-25-6-5-15-40-31(33)19(2)37-32(25)40/h5-15H,4,16-18H2,1-3H3,(H,36,41)(H,38,42)/b14-9+. The summed E-state index contributed by atoms with van der Waals surface area (Å²) >= 11 is 16.7. The van der Waals surface area contributed by atoms with E-state index in [1.165, 1.54) is 11.0 Å². The van der Waals surface area contributed by atoms with E-state index in [0.717, 1.165) is 10.3 Å². The minimum Gasteiger partial charge on any atom is -0.485 e. The average molecular weight is 731 g/mol. The van der Waals surface area contributed by atoms with E-state index in [2.05, 4.69) is 31.5 Å². The summed E-state index contributed by atoms with van der Waals surface area (Å²) in [6.45, 7) is 3.48. The number of hydrogen-bond acceptors (Lipinski definition) is 7. The van der Waals surface area contributed by atoms with Crippen molar-refractivity contribution in [2.45, 2.75) is 26.9 Å². The molecule has 0 bridgehead atoms. The number of aryl methyl sites for hydroxylation is 1. The number of imidazole rings is 1. The van der Waals surface area contributed by atoms with Crippen molar-refractivity contribution >= 4 is 85.9 Å². The molecule has 0 aliphatic rings. The fraction of sp³-hybridized carbons (Fsp3) is 0.219. The van der Waals surface area contributed by atoms with E-state index in [4.69, 9.17) is 32.7 Å². The van der Waals surface area contributed by atoms with Crippen molar-refractivity contribution < 1.29 is 28.7 Å². The molecule has 2 heterocycles. The Hall–Kier alpha value is -4.39. The van der Waals surface area contributed by atoms with E-state index in [1.807, 2.05) is 23.6 Å². The first-order valence-electron chi connectivity index (χ1n) is 14.0. The molecule has 0 unspecified atom stereocenters. The number of hydrogen-bond donors (Lipinski definition) is 2. The lowest BCUT2D eigenvalue weighted by atomic mass is 10.2. The number of rotatable bonds is 12. The lowest BCUT2D eigenvalue weighted by Gasteiger charge is -2.21. The number of pyridine rings is 1. The van der Waals surface area contributed by atoms with Gasteiger partial charge in [-0.25, -0.2) is 4.98 Å². The van der Waals surface area contributed by atoms with Gasteiger partial charge < -0.3 is 25.0 Å². The first kappa shape index (κ1) is 34.5. The summed E-state index contributed by atoms with van der Waals surface area (Å²) in [6, 6.07) is 13.5. The molecule has 240 valence electrons. The molecule has 4 rings (SSSR count). The molecule has 0 spiro atoms. The van der Waals surface area contributed by atoms with Crippen LogP contribution in [-0.2, 0) is 30.5 Å². The zero-order valence-electron chi connectivity index (χ0n) is 25.1. The summed E-state index contributed by atoms with van der Waals surface area (Å²) in [7, 11) is 1.54. The third-order valence-electron chi connectivity index (χ3n) is 6.63. The van der Waals surface area contributed by atoms with E-state index in [0.29, 0.717) is 38.9 Å². The van der Waals surface area contributed by atoms with Crippen LogP contribution >= 0.6 is 39.1 Å². The normalized spacial score (nSPS) is 11.0. The van der Waals surface area contributed by atoms with Crippen LogP contribution in [-0.4, -0.2) is 53.3 Å². The number of nitrogens with one attached hydrogen (secondary N) is 2. The summed E-state index contributed by atoms with van der Waals surface area (Å²) in [5, 5.41) is 5.77. The molecule has 4 aromatic rings. The van der Waals surface area contributed by atoms with Crippen LogP contribution in [0.25, 0.3) is 11.7 Å². The molecule has 0 saturated heterocycles. The molecule has 0 aliphatic heterocycles. The Labute approximate surface area is 283 Å². The largest absolute Gasteiger partial charge is 0.485 e. The van der Waals surface area contributed by atoms with E-state index in [9.17, 15) is 19.2 Å². The van der Waals surface area contributed by atoms with Crippen LogP contribution in [0.4, 0.5) is 11.4 Å². The van der Waals surface area contributed by atoms with Crippen LogP contribution in [0.2, 0.25) is 10.0 Å². The Morgan fingerprint density at radius 1 is 1.09 bits per heavy atom. The Morgan fingerprint density at radius 2 is 1.83 bits per heavy atom. The Balaban J connectivity index is 1.32. The lowest BCUT2D eigenvalue weighted by Crippen LogP contribution is -2.37. The number of benzene rings is 2. The zero-order chi connectivity index (χ0) is 33.4. The first-order valence-corrected chi connectivity index (χ1v) is 15.5. The number of carbonyl (C=O) groups excluding carboxylic acids is 4. The second-order valence-electron chi connectivity index (χ2n) is 9.86. The highest BCUT2D eigenvalue weighted by Crippen LogP contribution is 2.35. The Morgan fingerprint density at radius 3 is 2.54 bits per heavy atom. The first-order chi connectivity index (χ1) is 22.0. The van der Waals surface area contributed by atoms with Crippen LogP contribution in [0.1, 0.15) is 30.2 Å². The zero-order valence-corrected chi connectivity index (χ0v) is 28.2. The number of anilines is 2. The smallest absolute Gasteiger partial charge is 0.315 e. The lowest BCUT2D eigenvalue weighted by molar-refractivity contribution is -0.145. The van der Waals surface area contributed by atoms with E-state index >= 15 is 0 Å². The molecule has 3 amide bonds. The summed E-state index contributed by atoms with van der Waals surface area (Å²) in [5.41, 5.74) is 3.48. The topological polar surface area (TPSA) is 131 Å². The number of ether oxygens (including phenoxy) is 2. The molecule has 0 atom stereocenters. The highest BCUT2D eigenvalue weighted by molar-refractivity contribution is 9.10. The number of nitrogens with zero attached hydrogens (tertiary/aromatic N) is 3. The molecular weight excluding hydrogens is 701 g/mol. The molecule has 0 radical (unpaired) electrons. The van der Waals surface area contributed by atoms with Gasteiger partial charge in [-0.2, -0.15) is 0 Å². The summed E-state index contributed by atoms with van der Waals surface area (Å²) < 4.78 is 13.5. The van der Waals surface area contributed by atoms with Crippen molar-refractivity contribution in [3.8, 4) is 5.75 Å². The van der Waals surface area contributed by atoms with Gasteiger partial charge in [0.15, 0.2) is 11.4 Å². The molecule has 2 aromatic carbocycles. The predicted molar refractivity (Wildman–Crippen MR) is 180 cm³/mol. The van der Waals surface area contributed by atoms with Gasteiger partial charge in [-0.1, -0.05) is 35.3 Å². The Bertz CT molecular complexity index is 1810. The van der Waals surface area contributed by atoms with Crippen LogP contribution in [0, 0.1) is 6.92 Å². The quantitative estimate of drug-likeness (QED) is 0.104. The third-order valence-corrected chi connectivity index (χ3v) is 8.37. The van der Waals surface area contributed by atoms with Gasteiger partial charge in [0, 0.05) is 35.6 Å². The fourth-order valence-electron chi connectivity index (χ4n) is 4.24. The molecule has 2 N–H and O–H groups in total. The number of aromatic nitrogens is 2. The highest BCUT2D eigenvalue weighted by Gasteiger charge is 2.20. The van der Waals surface area contributed by atoms with Crippen molar-refractivity contribution in [2.75, 3.05) is 30.4 Å². The van der Waals surface area contributed by atoms with Gasteiger partial charge in [0.25, 0.3) is 0 Å². The fourth-order valence-corrected chi connectivity index (χ4v) is 5.22. The molecule has 0 saturated carbocycles. The van der Waals surface area contributed by atoms with Crippen molar-refractivity contribution in [3.63, 3.8) is 0 Å². The molecule has 11 nitrogen and oxygen atoms in total.